The molecule has 0 amide bonds. The lowest BCUT2D eigenvalue weighted by molar-refractivity contribution is 0.297. The minimum Gasteiger partial charge on any atom is -0.354 e. The van der Waals surface area contributed by atoms with Crippen LogP contribution in [0.25, 0.3) is 0 Å². The van der Waals surface area contributed by atoms with Crippen LogP contribution in [0, 0.1) is 5.82 Å². The summed E-state index contributed by atoms with van der Waals surface area (Å²) in [7, 11) is 5.70. The molecule has 1 atom stereocenters. The van der Waals surface area contributed by atoms with E-state index in [1.54, 1.807) is 30.5 Å². The van der Waals surface area contributed by atoms with Gasteiger partial charge in [-0.2, -0.15) is 0 Å². The Morgan fingerprint density at radius 3 is 2.59 bits per heavy atom. The average molecular weight is 505 g/mol. The molecule has 1 heterocycles. The summed E-state index contributed by atoms with van der Waals surface area (Å²) in [5.41, 5.74) is 2.05. The van der Waals surface area contributed by atoms with Crippen molar-refractivity contribution in [1.29, 1.82) is 0 Å². The quantitative estimate of drug-likeness (QED) is 0.340. The molecule has 0 aliphatic heterocycles. The zero-order valence-corrected chi connectivity index (χ0v) is 19.6. The van der Waals surface area contributed by atoms with E-state index in [-0.39, 0.29) is 35.8 Å². The van der Waals surface area contributed by atoms with Crippen LogP contribution in [0.5, 0.6) is 0 Å². The van der Waals surface area contributed by atoms with Crippen LogP contribution in [-0.2, 0) is 6.54 Å². The highest BCUT2D eigenvalue weighted by atomic mass is 127. The van der Waals surface area contributed by atoms with E-state index in [0.717, 1.165) is 16.3 Å². The molecule has 1 aromatic carbocycles. The van der Waals surface area contributed by atoms with Crippen LogP contribution in [0.1, 0.15) is 42.1 Å². The van der Waals surface area contributed by atoms with Crippen molar-refractivity contribution in [2.45, 2.75) is 32.4 Å². The first-order valence-corrected chi connectivity index (χ1v) is 9.59. The number of aromatic nitrogens is 1. The zero-order chi connectivity index (χ0) is 19.1. The first kappa shape index (κ1) is 23.8. The molecule has 0 aliphatic rings. The van der Waals surface area contributed by atoms with Crippen molar-refractivity contribution in [3.8, 4) is 0 Å². The first-order chi connectivity index (χ1) is 12.4. The van der Waals surface area contributed by atoms with E-state index in [0.29, 0.717) is 25.0 Å². The fourth-order valence-corrected chi connectivity index (χ4v) is 3.45. The molecule has 2 rings (SSSR count). The van der Waals surface area contributed by atoms with Crippen molar-refractivity contribution in [1.82, 2.24) is 20.5 Å². The third-order valence-electron chi connectivity index (χ3n) is 4.11. The second-order valence-corrected chi connectivity index (χ2v) is 7.60. The summed E-state index contributed by atoms with van der Waals surface area (Å²) < 4.78 is 13.5. The Balaban J connectivity index is 0.00000364. The van der Waals surface area contributed by atoms with Crippen LogP contribution in [0.15, 0.2) is 34.6 Å². The van der Waals surface area contributed by atoms with Crippen LogP contribution in [-0.4, -0.2) is 43.5 Å². The maximum Gasteiger partial charge on any atom is 0.191 e. The van der Waals surface area contributed by atoms with Gasteiger partial charge in [-0.25, -0.2) is 9.37 Å². The second-order valence-electron chi connectivity index (χ2n) is 6.66. The topological polar surface area (TPSA) is 52.6 Å². The lowest BCUT2D eigenvalue weighted by Crippen LogP contribution is -2.41. The van der Waals surface area contributed by atoms with Gasteiger partial charge < -0.3 is 15.5 Å². The monoisotopic (exact) mass is 505 g/mol. The summed E-state index contributed by atoms with van der Waals surface area (Å²) in [4.78, 5) is 10.9. The standard InChI is InChI=1S/C19H28FN5S.HI/c1-13(2)16-12-26-18(24-16)11-23-19(21-3)22-10-17(25(4)5)14-7-6-8-15(20)9-14;/h6-9,12-13,17H,10-11H2,1-5H3,(H2,21,22,23);1H. The van der Waals surface area contributed by atoms with Gasteiger partial charge in [0, 0.05) is 19.0 Å². The van der Waals surface area contributed by atoms with Crippen molar-refractivity contribution < 1.29 is 4.39 Å². The molecule has 1 aromatic heterocycles. The molecule has 0 fully saturated rings. The Morgan fingerprint density at radius 1 is 1.30 bits per heavy atom. The second kappa shape index (κ2) is 11.6. The van der Waals surface area contributed by atoms with Crippen LogP contribution >= 0.6 is 35.3 Å². The Kier molecular flexibility index (Phi) is 10.2. The number of guanidine groups is 1. The van der Waals surface area contributed by atoms with Gasteiger partial charge >= 0.3 is 0 Å². The summed E-state index contributed by atoms with van der Waals surface area (Å²) in [5, 5.41) is 9.74. The molecule has 27 heavy (non-hydrogen) atoms. The van der Waals surface area contributed by atoms with E-state index in [1.807, 2.05) is 20.2 Å². The number of nitrogens with zero attached hydrogens (tertiary/aromatic N) is 3. The van der Waals surface area contributed by atoms with Gasteiger partial charge in [0.15, 0.2) is 5.96 Å². The Labute approximate surface area is 182 Å². The molecule has 0 saturated carbocycles. The molecule has 0 bridgehead atoms. The maximum absolute atomic E-state index is 13.5. The Bertz CT molecular complexity index is 732. The maximum atomic E-state index is 13.5. The molecule has 2 N–H and O–H groups in total. The van der Waals surface area contributed by atoms with Crippen LogP contribution in [0.2, 0.25) is 0 Å². The van der Waals surface area contributed by atoms with Crippen LogP contribution in [0.4, 0.5) is 4.39 Å². The molecule has 8 heteroatoms. The summed E-state index contributed by atoms with van der Waals surface area (Å²) in [6.07, 6.45) is 0. The normalized spacial score (nSPS) is 12.8. The minimum atomic E-state index is -0.221. The lowest BCUT2D eigenvalue weighted by Gasteiger charge is -2.26. The molecule has 1 unspecified atom stereocenters. The Hall–Kier alpha value is -1.26. The molecule has 5 nitrogen and oxygen atoms in total. The lowest BCUT2D eigenvalue weighted by atomic mass is 10.1. The number of rotatable bonds is 7. The third-order valence-corrected chi connectivity index (χ3v) is 4.98. The largest absolute Gasteiger partial charge is 0.354 e. The van der Waals surface area contributed by atoms with Gasteiger partial charge in [0.2, 0.25) is 0 Å². The van der Waals surface area contributed by atoms with E-state index in [4.69, 9.17) is 0 Å². The van der Waals surface area contributed by atoms with Gasteiger partial charge in [0.05, 0.1) is 18.3 Å². The number of hydrogen-bond acceptors (Lipinski definition) is 4. The molecule has 150 valence electrons. The van der Waals surface area contributed by atoms with Gasteiger partial charge in [-0.3, -0.25) is 4.99 Å². The van der Waals surface area contributed by atoms with Crippen molar-refractivity contribution in [3.63, 3.8) is 0 Å². The number of thiazole rings is 1. The smallest absolute Gasteiger partial charge is 0.191 e. The number of benzene rings is 1. The SMILES string of the molecule is CN=C(NCc1nc(C(C)C)cs1)NCC(c1cccc(F)c1)N(C)C.I. The van der Waals surface area contributed by atoms with Crippen LogP contribution < -0.4 is 10.6 Å². The number of hydrogen-bond donors (Lipinski definition) is 2. The summed E-state index contributed by atoms with van der Waals surface area (Å²) >= 11 is 1.65. The molecule has 2 aromatic rings. The highest BCUT2D eigenvalue weighted by Gasteiger charge is 2.15. The molecular weight excluding hydrogens is 476 g/mol. The summed E-state index contributed by atoms with van der Waals surface area (Å²) in [6, 6.07) is 6.75. The summed E-state index contributed by atoms with van der Waals surface area (Å²) in [6.45, 7) is 5.52. The van der Waals surface area contributed by atoms with Crippen molar-refractivity contribution in [3.05, 3.63) is 51.7 Å². The fourth-order valence-electron chi connectivity index (χ4n) is 2.56. The number of likely N-dealkylation sites (N-methyl/N-ethyl adjacent to an activating group) is 1. The van der Waals surface area contributed by atoms with E-state index >= 15 is 0 Å². The van der Waals surface area contributed by atoms with Gasteiger partial charge in [0.25, 0.3) is 0 Å². The molecule has 0 aliphatic carbocycles. The molecule has 0 radical (unpaired) electrons. The Morgan fingerprint density at radius 2 is 2.04 bits per heavy atom. The summed E-state index contributed by atoms with van der Waals surface area (Å²) in [5.74, 6) is 0.917. The predicted octanol–water partition coefficient (Wildman–Crippen LogP) is 3.99. The molecule has 0 saturated heterocycles. The van der Waals surface area contributed by atoms with E-state index in [9.17, 15) is 4.39 Å². The van der Waals surface area contributed by atoms with Gasteiger partial charge in [0.1, 0.15) is 10.8 Å². The first-order valence-electron chi connectivity index (χ1n) is 8.71. The van der Waals surface area contributed by atoms with Crippen molar-refractivity contribution in [2.75, 3.05) is 27.7 Å². The van der Waals surface area contributed by atoms with Crippen molar-refractivity contribution >= 4 is 41.3 Å². The van der Waals surface area contributed by atoms with Gasteiger partial charge in [-0.15, -0.1) is 35.3 Å². The van der Waals surface area contributed by atoms with E-state index in [2.05, 4.69) is 44.7 Å². The van der Waals surface area contributed by atoms with Gasteiger partial charge in [-0.1, -0.05) is 26.0 Å². The third kappa shape index (κ3) is 7.34. The van der Waals surface area contributed by atoms with E-state index < -0.39 is 0 Å². The molecule has 0 spiro atoms. The minimum absolute atomic E-state index is 0. The van der Waals surface area contributed by atoms with E-state index in [1.165, 1.54) is 6.07 Å². The zero-order valence-electron chi connectivity index (χ0n) is 16.5. The molecular formula is C19H29FIN5S. The van der Waals surface area contributed by atoms with Gasteiger partial charge in [-0.05, 0) is 37.7 Å². The van der Waals surface area contributed by atoms with Crippen LogP contribution in [0.3, 0.4) is 0 Å². The fraction of sp³-hybridized carbons (Fsp3) is 0.474. The average Bonchev–Trinajstić information content (AvgIpc) is 3.07. The highest BCUT2D eigenvalue weighted by Crippen LogP contribution is 2.19. The predicted molar refractivity (Wildman–Crippen MR) is 123 cm³/mol. The highest BCUT2D eigenvalue weighted by molar-refractivity contribution is 14.0. The number of aliphatic imine (C=N–C) groups is 1. The van der Waals surface area contributed by atoms with Crippen molar-refractivity contribution in [2.24, 2.45) is 4.99 Å². The number of halogens is 2. The number of nitrogens with one attached hydrogen (secondary N) is 2.